The number of amides is 1. The van der Waals surface area contributed by atoms with E-state index in [4.69, 9.17) is 11.6 Å². The Bertz CT molecular complexity index is 1100. The molecule has 0 spiro atoms. The molecule has 3 aromatic rings. The molecule has 0 bridgehead atoms. The highest BCUT2D eigenvalue weighted by Gasteiger charge is 2.23. The molecule has 0 fully saturated rings. The third-order valence-corrected chi connectivity index (χ3v) is 6.94. The number of benzene rings is 2. The lowest BCUT2D eigenvalue weighted by Crippen LogP contribution is -2.27. The Balaban J connectivity index is 1.85. The van der Waals surface area contributed by atoms with E-state index in [-0.39, 0.29) is 22.0 Å². The molecule has 1 aromatic heterocycles. The number of nitrogens with one attached hydrogen (secondary N) is 1. The average Bonchev–Trinajstić information content (AvgIpc) is 3.07. The first-order valence-corrected chi connectivity index (χ1v) is 10.9. The fourth-order valence-electron chi connectivity index (χ4n) is 2.52. The summed E-state index contributed by atoms with van der Waals surface area (Å²) in [5, 5.41) is 3.23. The zero-order valence-corrected chi connectivity index (χ0v) is 17.6. The summed E-state index contributed by atoms with van der Waals surface area (Å²) in [6.45, 7) is 2.09. The molecule has 146 valence electrons. The number of anilines is 1. The van der Waals surface area contributed by atoms with Crippen LogP contribution < -0.4 is 5.32 Å². The van der Waals surface area contributed by atoms with E-state index in [2.05, 4.69) is 10.3 Å². The van der Waals surface area contributed by atoms with Crippen LogP contribution in [0.5, 0.6) is 0 Å². The smallest absolute Gasteiger partial charge is 0.259 e. The zero-order valence-electron chi connectivity index (χ0n) is 15.2. The van der Waals surface area contributed by atoms with Gasteiger partial charge in [-0.15, -0.1) is 11.3 Å². The van der Waals surface area contributed by atoms with Crippen LogP contribution in [0, 0.1) is 6.92 Å². The minimum absolute atomic E-state index is 0.00389. The van der Waals surface area contributed by atoms with Gasteiger partial charge >= 0.3 is 0 Å². The molecule has 0 aliphatic carbocycles. The van der Waals surface area contributed by atoms with Crippen LogP contribution in [0.15, 0.2) is 59.6 Å². The van der Waals surface area contributed by atoms with Crippen LogP contribution in [0.1, 0.15) is 20.8 Å². The molecule has 6 nitrogen and oxygen atoms in total. The lowest BCUT2D eigenvalue weighted by atomic mass is 10.2. The summed E-state index contributed by atoms with van der Waals surface area (Å²) in [5.41, 5.74) is 0.934. The molecule has 1 amide bonds. The summed E-state index contributed by atoms with van der Waals surface area (Å²) in [7, 11) is -2.30. The van der Waals surface area contributed by atoms with Crippen LogP contribution >= 0.6 is 22.9 Å². The van der Waals surface area contributed by atoms with Crippen molar-refractivity contribution >= 4 is 44.0 Å². The molecule has 0 aliphatic rings. The van der Waals surface area contributed by atoms with E-state index in [1.54, 1.807) is 6.20 Å². The Morgan fingerprint density at radius 1 is 1.21 bits per heavy atom. The topological polar surface area (TPSA) is 79.4 Å². The Morgan fingerprint density at radius 3 is 2.57 bits per heavy atom. The van der Waals surface area contributed by atoms with Crippen molar-refractivity contribution in [2.75, 3.05) is 12.4 Å². The van der Waals surface area contributed by atoms with Crippen molar-refractivity contribution in [3.8, 4) is 0 Å². The molecule has 0 aliphatic heterocycles. The molecule has 28 heavy (non-hydrogen) atoms. The van der Waals surface area contributed by atoms with Crippen molar-refractivity contribution in [3.05, 3.63) is 75.8 Å². The highest BCUT2D eigenvalue weighted by molar-refractivity contribution is 7.89. The number of hydrogen-bond donors (Lipinski definition) is 1. The van der Waals surface area contributed by atoms with Crippen molar-refractivity contribution in [3.63, 3.8) is 0 Å². The first kappa shape index (κ1) is 20.5. The summed E-state index contributed by atoms with van der Waals surface area (Å²) in [4.78, 5) is 17.6. The molecular formula is C19H18ClN3O3S2. The van der Waals surface area contributed by atoms with E-state index in [9.17, 15) is 13.2 Å². The van der Waals surface area contributed by atoms with Crippen molar-refractivity contribution in [1.29, 1.82) is 0 Å². The molecule has 0 saturated heterocycles. The minimum atomic E-state index is -3.80. The molecule has 1 heterocycles. The van der Waals surface area contributed by atoms with Gasteiger partial charge in [0.1, 0.15) is 0 Å². The Hall–Kier alpha value is -2.26. The third kappa shape index (κ3) is 4.59. The monoisotopic (exact) mass is 435 g/mol. The van der Waals surface area contributed by atoms with Crippen LogP contribution in [0.4, 0.5) is 5.13 Å². The van der Waals surface area contributed by atoms with Gasteiger partial charge in [-0.1, -0.05) is 41.9 Å². The van der Waals surface area contributed by atoms with Gasteiger partial charge in [0, 0.05) is 24.7 Å². The number of carbonyl (C=O) groups is 1. The second kappa shape index (κ2) is 8.40. The van der Waals surface area contributed by atoms with Gasteiger partial charge in [-0.3, -0.25) is 10.1 Å². The lowest BCUT2D eigenvalue weighted by molar-refractivity contribution is 0.102. The van der Waals surface area contributed by atoms with Crippen molar-refractivity contribution in [2.24, 2.45) is 0 Å². The minimum Gasteiger partial charge on any atom is -0.298 e. The summed E-state index contributed by atoms with van der Waals surface area (Å²) in [6, 6.07) is 13.4. The molecular weight excluding hydrogens is 418 g/mol. The number of thiazole rings is 1. The number of nitrogens with zero attached hydrogens (tertiary/aromatic N) is 2. The molecule has 1 N–H and O–H groups in total. The first-order valence-electron chi connectivity index (χ1n) is 8.31. The average molecular weight is 436 g/mol. The molecule has 9 heteroatoms. The normalized spacial score (nSPS) is 11.6. The maximum atomic E-state index is 12.9. The number of carbonyl (C=O) groups excluding carboxylic acids is 1. The van der Waals surface area contributed by atoms with Gasteiger partial charge in [0.15, 0.2) is 5.13 Å². The van der Waals surface area contributed by atoms with E-state index in [1.807, 2.05) is 37.3 Å². The van der Waals surface area contributed by atoms with Gasteiger partial charge in [-0.25, -0.2) is 13.4 Å². The van der Waals surface area contributed by atoms with Gasteiger partial charge in [0.25, 0.3) is 5.91 Å². The molecule has 2 aromatic carbocycles. The van der Waals surface area contributed by atoms with Crippen LogP contribution in [0.2, 0.25) is 5.02 Å². The number of hydrogen-bond acceptors (Lipinski definition) is 5. The number of rotatable bonds is 6. The summed E-state index contributed by atoms with van der Waals surface area (Å²) < 4.78 is 27.1. The Labute approximate surface area is 172 Å². The third-order valence-electron chi connectivity index (χ3n) is 3.98. The lowest BCUT2D eigenvalue weighted by Gasteiger charge is -2.18. The second-order valence-electron chi connectivity index (χ2n) is 6.12. The summed E-state index contributed by atoms with van der Waals surface area (Å²) >= 11 is 7.46. The number of halogens is 1. The maximum Gasteiger partial charge on any atom is 0.259 e. The largest absolute Gasteiger partial charge is 0.298 e. The van der Waals surface area contributed by atoms with Crippen molar-refractivity contribution in [1.82, 2.24) is 9.29 Å². The van der Waals surface area contributed by atoms with Gasteiger partial charge < -0.3 is 0 Å². The fourth-order valence-corrected chi connectivity index (χ4v) is 4.57. The van der Waals surface area contributed by atoms with Crippen LogP contribution in [0.25, 0.3) is 0 Å². The Kier molecular flexibility index (Phi) is 6.14. The van der Waals surface area contributed by atoms with Crippen molar-refractivity contribution in [2.45, 2.75) is 18.4 Å². The van der Waals surface area contributed by atoms with Crippen molar-refractivity contribution < 1.29 is 13.2 Å². The molecule has 0 atom stereocenters. The molecule has 3 rings (SSSR count). The highest BCUT2D eigenvalue weighted by atomic mass is 35.5. The molecule has 0 saturated carbocycles. The number of sulfonamides is 1. The van der Waals surface area contributed by atoms with Crippen LogP contribution in [0.3, 0.4) is 0 Å². The predicted molar refractivity (Wildman–Crippen MR) is 111 cm³/mol. The molecule has 0 radical (unpaired) electrons. The number of aryl methyl sites for hydroxylation is 1. The quantitative estimate of drug-likeness (QED) is 0.630. The standard InChI is InChI=1S/C19H18ClN3O3S2/c1-13-11-21-19(27-13)22-18(24)16-10-15(8-9-17(16)20)28(25,26)23(2)12-14-6-4-3-5-7-14/h3-11H,12H2,1-2H3,(H,21,22,24). The summed E-state index contributed by atoms with van der Waals surface area (Å²) in [6.07, 6.45) is 1.64. The van der Waals surface area contributed by atoms with Gasteiger partial charge in [-0.05, 0) is 30.7 Å². The summed E-state index contributed by atoms with van der Waals surface area (Å²) in [5.74, 6) is -0.512. The van der Waals surface area contributed by atoms with E-state index in [0.717, 1.165) is 10.4 Å². The van der Waals surface area contributed by atoms with Gasteiger partial charge in [0.2, 0.25) is 10.0 Å². The van der Waals surface area contributed by atoms with E-state index in [1.165, 1.54) is 40.9 Å². The first-order chi connectivity index (χ1) is 13.3. The van der Waals surface area contributed by atoms with Gasteiger partial charge in [0.05, 0.1) is 15.5 Å². The second-order valence-corrected chi connectivity index (χ2v) is 9.81. The SMILES string of the molecule is Cc1cnc(NC(=O)c2cc(S(=O)(=O)N(C)Cc3ccccc3)ccc2Cl)s1. The number of aromatic nitrogens is 1. The van der Waals surface area contributed by atoms with Crippen LogP contribution in [-0.2, 0) is 16.6 Å². The Morgan fingerprint density at radius 2 is 1.93 bits per heavy atom. The maximum absolute atomic E-state index is 12.9. The van der Waals surface area contributed by atoms with Crippen LogP contribution in [-0.4, -0.2) is 30.7 Å². The fraction of sp³-hybridized carbons (Fsp3) is 0.158. The van der Waals surface area contributed by atoms with E-state index >= 15 is 0 Å². The van der Waals surface area contributed by atoms with Gasteiger partial charge in [-0.2, -0.15) is 4.31 Å². The van der Waals surface area contributed by atoms with E-state index < -0.39 is 15.9 Å². The molecule has 0 unspecified atom stereocenters. The highest BCUT2D eigenvalue weighted by Crippen LogP contribution is 2.25. The van der Waals surface area contributed by atoms with E-state index in [0.29, 0.717) is 5.13 Å². The predicted octanol–water partition coefficient (Wildman–Crippen LogP) is 4.18. The zero-order chi connectivity index (χ0) is 20.3.